The van der Waals surface area contributed by atoms with Crippen molar-refractivity contribution >= 4 is 5.82 Å². The average molecular weight is 206 g/mol. The Morgan fingerprint density at radius 2 is 2.20 bits per heavy atom. The van der Waals surface area contributed by atoms with Gasteiger partial charge in [-0.05, 0) is 32.7 Å². The number of anilines is 1. The van der Waals surface area contributed by atoms with E-state index in [0.717, 1.165) is 25.3 Å². The molecule has 0 atom stereocenters. The van der Waals surface area contributed by atoms with Gasteiger partial charge in [0.25, 0.3) is 0 Å². The van der Waals surface area contributed by atoms with Crippen LogP contribution in [0.1, 0.15) is 36.6 Å². The van der Waals surface area contributed by atoms with Gasteiger partial charge in [0.1, 0.15) is 5.82 Å². The lowest BCUT2D eigenvalue weighted by Gasteiger charge is -2.26. The van der Waals surface area contributed by atoms with E-state index < -0.39 is 0 Å². The molecule has 0 spiro atoms. The smallest absolute Gasteiger partial charge is 0.125 e. The molecule has 4 nitrogen and oxygen atoms in total. The number of nitrogens with zero attached hydrogens (tertiary/aromatic N) is 3. The predicted molar refractivity (Wildman–Crippen MR) is 59.6 cm³/mol. The Hall–Kier alpha value is -1.03. The standard InChI is InChI=1S/C11H18N4/c1-14-6-5-9-10(7-14)13-15(11(9)12)8-3-2-4-8/h8H,2-7,12H2,1H3. The lowest BCUT2D eigenvalue weighted by atomic mass is 9.93. The molecule has 3 rings (SSSR count). The third kappa shape index (κ3) is 1.35. The van der Waals surface area contributed by atoms with E-state index in [1.54, 1.807) is 0 Å². The molecule has 15 heavy (non-hydrogen) atoms. The summed E-state index contributed by atoms with van der Waals surface area (Å²) < 4.78 is 2.08. The molecule has 1 aliphatic carbocycles. The Bertz CT molecular complexity index is 378. The Labute approximate surface area is 90.0 Å². The van der Waals surface area contributed by atoms with Gasteiger partial charge in [-0.25, -0.2) is 4.68 Å². The van der Waals surface area contributed by atoms with Crippen molar-refractivity contribution in [2.24, 2.45) is 0 Å². The van der Waals surface area contributed by atoms with Crippen LogP contribution in [-0.4, -0.2) is 28.3 Å². The normalized spacial score (nSPS) is 22.5. The summed E-state index contributed by atoms with van der Waals surface area (Å²) in [6.07, 6.45) is 4.89. The van der Waals surface area contributed by atoms with Gasteiger partial charge >= 0.3 is 0 Å². The van der Waals surface area contributed by atoms with E-state index in [2.05, 4.69) is 21.7 Å². The van der Waals surface area contributed by atoms with E-state index in [1.807, 2.05) is 0 Å². The molecule has 0 unspecified atom stereocenters. The first kappa shape index (κ1) is 9.21. The molecule has 82 valence electrons. The molecule has 1 aromatic rings. The first-order valence-corrected chi connectivity index (χ1v) is 5.80. The summed E-state index contributed by atoms with van der Waals surface area (Å²) in [6, 6.07) is 0.584. The first-order valence-electron chi connectivity index (χ1n) is 5.80. The summed E-state index contributed by atoms with van der Waals surface area (Å²) in [5.41, 5.74) is 8.67. The summed E-state index contributed by atoms with van der Waals surface area (Å²) in [4.78, 5) is 2.31. The predicted octanol–water partition coefficient (Wildman–Crippen LogP) is 1.18. The van der Waals surface area contributed by atoms with Crippen molar-refractivity contribution in [2.75, 3.05) is 19.3 Å². The highest BCUT2D eigenvalue weighted by molar-refractivity contribution is 5.45. The lowest BCUT2D eigenvalue weighted by Crippen LogP contribution is -2.26. The van der Waals surface area contributed by atoms with Crippen LogP contribution < -0.4 is 5.73 Å². The fourth-order valence-corrected chi connectivity index (χ4v) is 2.48. The van der Waals surface area contributed by atoms with E-state index in [4.69, 9.17) is 5.73 Å². The molecular formula is C11H18N4. The van der Waals surface area contributed by atoms with Crippen molar-refractivity contribution in [2.45, 2.75) is 38.3 Å². The van der Waals surface area contributed by atoms with Crippen LogP contribution in [0.2, 0.25) is 0 Å². The second kappa shape index (κ2) is 3.23. The van der Waals surface area contributed by atoms with E-state index in [1.165, 1.54) is 30.5 Å². The van der Waals surface area contributed by atoms with Gasteiger partial charge in [-0.2, -0.15) is 5.10 Å². The molecule has 4 heteroatoms. The third-order valence-electron chi connectivity index (χ3n) is 3.72. The van der Waals surface area contributed by atoms with Gasteiger partial charge in [-0.1, -0.05) is 0 Å². The fraction of sp³-hybridized carbons (Fsp3) is 0.727. The molecule has 1 aromatic heterocycles. The molecule has 2 aliphatic rings. The average Bonchev–Trinajstić information content (AvgIpc) is 2.41. The third-order valence-corrected chi connectivity index (χ3v) is 3.72. The van der Waals surface area contributed by atoms with E-state index in [9.17, 15) is 0 Å². The summed E-state index contributed by atoms with van der Waals surface area (Å²) in [6.45, 7) is 2.06. The van der Waals surface area contributed by atoms with Crippen molar-refractivity contribution in [1.29, 1.82) is 0 Å². The molecule has 1 fully saturated rings. The van der Waals surface area contributed by atoms with Crippen molar-refractivity contribution in [3.8, 4) is 0 Å². The van der Waals surface area contributed by atoms with Crippen molar-refractivity contribution in [3.05, 3.63) is 11.3 Å². The van der Waals surface area contributed by atoms with Crippen LogP contribution in [0.15, 0.2) is 0 Å². The molecule has 0 aromatic carbocycles. The molecule has 1 saturated carbocycles. The quantitative estimate of drug-likeness (QED) is 0.750. The number of hydrogen-bond donors (Lipinski definition) is 1. The summed E-state index contributed by atoms with van der Waals surface area (Å²) in [5.74, 6) is 0.933. The van der Waals surface area contributed by atoms with Gasteiger partial charge in [0.05, 0.1) is 11.7 Å². The number of likely N-dealkylation sites (N-methyl/N-ethyl adjacent to an activating group) is 1. The van der Waals surface area contributed by atoms with Gasteiger partial charge in [-0.3, -0.25) is 0 Å². The molecule has 0 saturated heterocycles. The zero-order valence-corrected chi connectivity index (χ0v) is 9.24. The van der Waals surface area contributed by atoms with Crippen molar-refractivity contribution < 1.29 is 0 Å². The molecule has 0 bridgehead atoms. The van der Waals surface area contributed by atoms with Gasteiger partial charge in [0.2, 0.25) is 0 Å². The van der Waals surface area contributed by atoms with Crippen LogP contribution in [-0.2, 0) is 13.0 Å². The van der Waals surface area contributed by atoms with Gasteiger partial charge in [-0.15, -0.1) is 0 Å². The summed E-state index contributed by atoms with van der Waals surface area (Å²) in [7, 11) is 2.14. The Morgan fingerprint density at radius 1 is 1.40 bits per heavy atom. The highest BCUT2D eigenvalue weighted by Gasteiger charge is 2.27. The largest absolute Gasteiger partial charge is 0.384 e. The number of rotatable bonds is 1. The van der Waals surface area contributed by atoms with Gasteiger partial charge in [0.15, 0.2) is 0 Å². The molecule has 2 heterocycles. The maximum Gasteiger partial charge on any atom is 0.125 e. The summed E-state index contributed by atoms with van der Waals surface area (Å²) >= 11 is 0. The Kier molecular flexibility index (Phi) is 1.99. The maximum atomic E-state index is 6.16. The number of aromatic nitrogens is 2. The maximum absolute atomic E-state index is 6.16. The van der Waals surface area contributed by atoms with Crippen LogP contribution in [0.5, 0.6) is 0 Å². The van der Waals surface area contributed by atoms with Crippen molar-refractivity contribution in [3.63, 3.8) is 0 Å². The van der Waals surface area contributed by atoms with Crippen molar-refractivity contribution in [1.82, 2.24) is 14.7 Å². The second-order valence-electron chi connectivity index (χ2n) is 4.83. The minimum Gasteiger partial charge on any atom is -0.384 e. The minimum atomic E-state index is 0.584. The second-order valence-corrected chi connectivity index (χ2v) is 4.83. The van der Waals surface area contributed by atoms with Crippen LogP contribution in [0.4, 0.5) is 5.82 Å². The zero-order chi connectivity index (χ0) is 10.4. The summed E-state index contributed by atoms with van der Waals surface area (Å²) in [5, 5.41) is 4.67. The zero-order valence-electron chi connectivity index (χ0n) is 9.24. The highest BCUT2D eigenvalue weighted by Crippen LogP contribution is 2.35. The Morgan fingerprint density at radius 3 is 2.87 bits per heavy atom. The number of nitrogens with two attached hydrogens (primary N) is 1. The minimum absolute atomic E-state index is 0.584. The number of fused-ring (bicyclic) bond motifs is 1. The SMILES string of the molecule is CN1CCc2c(nn(C3CCC3)c2N)C1. The molecule has 2 N–H and O–H groups in total. The molecule has 1 aliphatic heterocycles. The fourth-order valence-electron chi connectivity index (χ4n) is 2.48. The number of nitrogen functional groups attached to an aromatic ring is 1. The molecule has 0 amide bonds. The number of hydrogen-bond acceptors (Lipinski definition) is 3. The molecule has 0 radical (unpaired) electrons. The van der Waals surface area contributed by atoms with Crippen LogP contribution in [0.25, 0.3) is 0 Å². The Balaban J connectivity index is 1.96. The van der Waals surface area contributed by atoms with E-state index >= 15 is 0 Å². The molecular weight excluding hydrogens is 188 g/mol. The van der Waals surface area contributed by atoms with Crippen LogP contribution in [0.3, 0.4) is 0 Å². The van der Waals surface area contributed by atoms with Gasteiger partial charge in [0, 0.05) is 18.7 Å². The van der Waals surface area contributed by atoms with Crippen LogP contribution >= 0.6 is 0 Å². The van der Waals surface area contributed by atoms with Crippen LogP contribution in [0, 0.1) is 0 Å². The highest BCUT2D eigenvalue weighted by atomic mass is 15.3. The van der Waals surface area contributed by atoms with Gasteiger partial charge < -0.3 is 10.6 Å². The topological polar surface area (TPSA) is 47.1 Å². The lowest BCUT2D eigenvalue weighted by molar-refractivity contribution is 0.283. The van der Waals surface area contributed by atoms with E-state index in [-0.39, 0.29) is 0 Å². The van der Waals surface area contributed by atoms with E-state index in [0.29, 0.717) is 6.04 Å². The monoisotopic (exact) mass is 206 g/mol. The first-order chi connectivity index (χ1) is 7.25.